The van der Waals surface area contributed by atoms with Gasteiger partial charge in [0.05, 0.1) is 0 Å². The lowest BCUT2D eigenvalue weighted by molar-refractivity contribution is -0.0328. The van der Waals surface area contributed by atoms with Gasteiger partial charge in [0.2, 0.25) is 0 Å². The van der Waals surface area contributed by atoms with Crippen LogP contribution in [0.25, 0.3) is 0 Å². The van der Waals surface area contributed by atoms with Crippen molar-refractivity contribution < 1.29 is 18.0 Å². The minimum atomic E-state index is -4.31. The van der Waals surface area contributed by atoms with Gasteiger partial charge in [-0.1, -0.05) is 0 Å². The van der Waals surface area contributed by atoms with Crippen LogP contribution in [0.15, 0.2) is 29.2 Å². The SMILES string of the molecule is CC(N)C1CCN(C(=O)c2ccc(SC(F)(F)F)cc2)CC1. The van der Waals surface area contributed by atoms with Crippen LogP contribution in [-0.2, 0) is 0 Å². The van der Waals surface area contributed by atoms with E-state index in [4.69, 9.17) is 5.73 Å². The maximum Gasteiger partial charge on any atom is 0.446 e. The van der Waals surface area contributed by atoms with Gasteiger partial charge in [-0.05, 0) is 61.7 Å². The van der Waals surface area contributed by atoms with Crippen molar-refractivity contribution in [3.63, 3.8) is 0 Å². The van der Waals surface area contributed by atoms with E-state index in [-0.39, 0.29) is 28.6 Å². The second-order valence-corrected chi connectivity index (χ2v) is 6.70. The molecule has 1 atom stereocenters. The molecule has 3 nitrogen and oxygen atoms in total. The van der Waals surface area contributed by atoms with E-state index in [1.54, 1.807) is 4.90 Å². The number of likely N-dealkylation sites (tertiary alicyclic amines) is 1. The van der Waals surface area contributed by atoms with Crippen molar-refractivity contribution in [2.75, 3.05) is 13.1 Å². The minimum Gasteiger partial charge on any atom is -0.339 e. The van der Waals surface area contributed by atoms with E-state index in [2.05, 4.69) is 0 Å². The zero-order valence-corrected chi connectivity index (χ0v) is 13.1. The second-order valence-electron chi connectivity index (χ2n) is 5.56. The van der Waals surface area contributed by atoms with Gasteiger partial charge in [-0.2, -0.15) is 13.2 Å². The number of benzene rings is 1. The Balaban J connectivity index is 1.96. The van der Waals surface area contributed by atoms with Gasteiger partial charge < -0.3 is 10.6 Å². The number of carbonyl (C=O) groups excluding carboxylic acids is 1. The highest BCUT2D eigenvalue weighted by Crippen LogP contribution is 2.36. The van der Waals surface area contributed by atoms with E-state index in [9.17, 15) is 18.0 Å². The highest BCUT2D eigenvalue weighted by molar-refractivity contribution is 8.00. The van der Waals surface area contributed by atoms with Crippen LogP contribution >= 0.6 is 11.8 Å². The van der Waals surface area contributed by atoms with Gasteiger partial charge in [0.25, 0.3) is 5.91 Å². The van der Waals surface area contributed by atoms with Crippen LogP contribution in [0.5, 0.6) is 0 Å². The number of nitrogens with zero attached hydrogens (tertiary/aromatic N) is 1. The summed E-state index contributed by atoms with van der Waals surface area (Å²) in [6.07, 6.45) is 1.73. The Bertz CT molecular complexity index is 509. The molecule has 1 aromatic rings. The van der Waals surface area contributed by atoms with Crippen LogP contribution in [-0.4, -0.2) is 35.4 Å². The van der Waals surface area contributed by atoms with Crippen LogP contribution < -0.4 is 5.73 Å². The first-order valence-electron chi connectivity index (χ1n) is 7.17. The fraction of sp³-hybridized carbons (Fsp3) is 0.533. The second kappa shape index (κ2) is 6.91. The fourth-order valence-corrected chi connectivity index (χ4v) is 3.15. The number of halogens is 3. The summed E-state index contributed by atoms with van der Waals surface area (Å²) in [5.74, 6) is 0.293. The van der Waals surface area contributed by atoms with Gasteiger partial charge in [-0.15, -0.1) is 0 Å². The third kappa shape index (κ3) is 4.64. The van der Waals surface area contributed by atoms with Crippen molar-refractivity contribution in [2.45, 2.75) is 36.2 Å². The lowest BCUT2D eigenvalue weighted by atomic mass is 9.90. The topological polar surface area (TPSA) is 46.3 Å². The summed E-state index contributed by atoms with van der Waals surface area (Å²) in [4.78, 5) is 14.2. The summed E-state index contributed by atoms with van der Waals surface area (Å²) >= 11 is -0.179. The van der Waals surface area contributed by atoms with Crippen LogP contribution in [0.1, 0.15) is 30.1 Å². The van der Waals surface area contributed by atoms with Crippen molar-refractivity contribution in [1.82, 2.24) is 4.90 Å². The van der Waals surface area contributed by atoms with Crippen molar-refractivity contribution >= 4 is 17.7 Å². The Morgan fingerprint density at radius 3 is 2.27 bits per heavy atom. The summed E-state index contributed by atoms with van der Waals surface area (Å²) in [5.41, 5.74) is 1.98. The van der Waals surface area contributed by atoms with Crippen LogP contribution in [0.2, 0.25) is 0 Å². The Morgan fingerprint density at radius 1 is 1.27 bits per heavy atom. The molecule has 0 saturated carbocycles. The third-order valence-electron chi connectivity index (χ3n) is 3.91. The molecule has 0 aliphatic carbocycles. The average Bonchev–Trinajstić information content (AvgIpc) is 2.46. The summed E-state index contributed by atoms with van der Waals surface area (Å²) in [5, 5.41) is 0. The van der Waals surface area contributed by atoms with E-state index in [0.29, 0.717) is 24.6 Å². The van der Waals surface area contributed by atoms with Crippen LogP contribution in [0.3, 0.4) is 0 Å². The molecule has 0 aromatic heterocycles. The molecule has 7 heteroatoms. The van der Waals surface area contributed by atoms with E-state index >= 15 is 0 Å². The summed E-state index contributed by atoms with van der Waals surface area (Å²) in [6, 6.07) is 5.69. The molecule has 1 unspecified atom stereocenters. The average molecular weight is 332 g/mol. The Kier molecular flexibility index (Phi) is 5.39. The van der Waals surface area contributed by atoms with E-state index < -0.39 is 5.51 Å². The zero-order valence-electron chi connectivity index (χ0n) is 12.3. The van der Waals surface area contributed by atoms with Gasteiger partial charge in [0, 0.05) is 29.6 Å². The number of hydrogen-bond donors (Lipinski definition) is 1. The number of rotatable bonds is 3. The van der Waals surface area contributed by atoms with Gasteiger partial charge in [0.1, 0.15) is 0 Å². The molecule has 1 heterocycles. The highest BCUT2D eigenvalue weighted by Gasteiger charge is 2.29. The first kappa shape index (κ1) is 17.1. The molecule has 0 spiro atoms. The number of amides is 1. The lowest BCUT2D eigenvalue weighted by Gasteiger charge is -2.33. The number of carbonyl (C=O) groups is 1. The predicted octanol–water partition coefficient (Wildman–Crippen LogP) is 3.50. The molecule has 1 amide bonds. The molecular weight excluding hydrogens is 313 g/mol. The quantitative estimate of drug-likeness (QED) is 0.862. The van der Waals surface area contributed by atoms with E-state index in [0.717, 1.165) is 12.8 Å². The third-order valence-corrected chi connectivity index (χ3v) is 4.64. The van der Waals surface area contributed by atoms with Gasteiger partial charge in [0.15, 0.2) is 0 Å². The van der Waals surface area contributed by atoms with Crippen molar-refractivity contribution in [2.24, 2.45) is 11.7 Å². The molecular formula is C15H19F3N2OS. The molecule has 1 aliphatic rings. The summed E-state index contributed by atoms with van der Waals surface area (Å²) in [7, 11) is 0. The van der Waals surface area contributed by atoms with Crippen molar-refractivity contribution in [1.29, 1.82) is 0 Å². The van der Waals surface area contributed by atoms with Gasteiger partial charge in [-0.3, -0.25) is 4.79 Å². The number of hydrogen-bond acceptors (Lipinski definition) is 3. The smallest absolute Gasteiger partial charge is 0.339 e. The number of piperidine rings is 1. The Morgan fingerprint density at radius 2 is 1.82 bits per heavy atom. The van der Waals surface area contributed by atoms with Crippen LogP contribution in [0, 0.1) is 5.92 Å². The molecule has 2 rings (SSSR count). The van der Waals surface area contributed by atoms with Crippen LogP contribution in [0.4, 0.5) is 13.2 Å². The molecule has 2 N–H and O–H groups in total. The van der Waals surface area contributed by atoms with Gasteiger partial charge >= 0.3 is 5.51 Å². The first-order chi connectivity index (χ1) is 10.3. The summed E-state index contributed by atoms with van der Waals surface area (Å²) < 4.78 is 36.8. The Hall–Kier alpha value is -1.21. The maximum atomic E-state index is 12.3. The normalized spacial score (nSPS) is 18.3. The predicted molar refractivity (Wildman–Crippen MR) is 80.6 cm³/mol. The Labute approximate surface area is 132 Å². The monoisotopic (exact) mass is 332 g/mol. The first-order valence-corrected chi connectivity index (χ1v) is 7.98. The molecule has 0 bridgehead atoms. The largest absolute Gasteiger partial charge is 0.446 e. The van der Waals surface area contributed by atoms with E-state index in [1.165, 1.54) is 24.3 Å². The molecule has 1 saturated heterocycles. The molecule has 1 aromatic carbocycles. The molecule has 1 aliphatic heterocycles. The number of thioether (sulfide) groups is 1. The standard InChI is InChI=1S/C15H19F3N2OS/c1-10(19)11-6-8-20(9-7-11)14(21)12-2-4-13(5-3-12)22-15(16,17)18/h2-5,10-11H,6-9,19H2,1H3. The summed E-state index contributed by atoms with van der Waals surface area (Å²) in [6.45, 7) is 3.26. The fourth-order valence-electron chi connectivity index (χ4n) is 2.61. The lowest BCUT2D eigenvalue weighted by Crippen LogP contribution is -2.42. The highest BCUT2D eigenvalue weighted by atomic mass is 32.2. The number of alkyl halides is 3. The number of nitrogens with two attached hydrogens (primary N) is 1. The zero-order chi connectivity index (χ0) is 16.3. The molecule has 122 valence electrons. The van der Waals surface area contributed by atoms with Gasteiger partial charge in [-0.25, -0.2) is 0 Å². The van der Waals surface area contributed by atoms with Crippen molar-refractivity contribution in [3.8, 4) is 0 Å². The minimum absolute atomic E-state index is 0.0831. The van der Waals surface area contributed by atoms with E-state index in [1.807, 2.05) is 6.92 Å². The molecule has 22 heavy (non-hydrogen) atoms. The molecule has 1 fully saturated rings. The maximum absolute atomic E-state index is 12.3. The molecule has 0 radical (unpaired) electrons. The van der Waals surface area contributed by atoms with Crippen molar-refractivity contribution in [3.05, 3.63) is 29.8 Å².